The van der Waals surface area contributed by atoms with Crippen molar-refractivity contribution in [3.63, 3.8) is 0 Å². The van der Waals surface area contributed by atoms with Crippen molar-refractivity contribution in [1.82, 2.24) is 0 Å². The van der Waals surface area contributed by atoms with Crippen LogP contribution < -0.4 is 4.74 Å². The molecule has 0 bridgehead atoms. The Labute approximate surface area is 122 Å². The van der Waals surface area contributed by atoms with E-state index in [9.17, 15) is 14.5 Å². The summed E-state index contributed by atoms with van der Waals surface area (Å²) in [5.41, 5.74) is -0.245. The molecule has 7 heteroatoms. The van der Waals surface area contributed by atoms with Gasteiger partial charge in [-0.15, -0.1) is 0 Å². The van der Waals surface area contributed by atoms with Crippen LogP contribution in [0.15, 0.2) is 18.2 Å². The van der Waals surface area contributed by atoms with Crippen LogP contribution in [0.1, 0.15) is 19.3 Å². The predicted molar refractivity (Wildman–Crippen MR) is 72.9 cm³/mol. The number of nitro groups is 1. The Morgan fingerprint density at radius 1 is 1.14 bits per heavy atom. The SMILES string of the molecule is COC1CC(OC)CC(Oc2cc(F)ccc2[N+](=O)[O-])C1. The molecule has 0 aliphatic heterocycles. The number of methoxy groups -OCH3 is 2. The molecule has 116 valence electrons. The van der Waals surface area contributed by atoms with E-state index in [1.54, 1.807) is 14.2 Å². The minimum atomic E-state index is -0.584. The Kier molecular flexibility index (Phi) is 5.08. The van der Waals surface area contributed by atoms with Crippen molar-refractivity contribution >= 4 is 5.69 Å². The lowest BCUT2D eigenvalue weighted by Gasteiger charge is -2.33. The Morgan fingerprint density at radius 3 is 2.24 bits per heavy atom. The molecule has 1 saturated carbocycles. The minimum Gasteiger partial charge on any atom is -0.483 e. The Balaban J connectivity index is 2.16. The van der Waals surface area contributed by atoms with Gasteiger partial charge in [-0.1, -0.05) is 0 Å². The molecule has 2 rings (SSSR count). The molecule has 1 aliphatic carbocycles. The zero-order valence-electron chi connectivity index (χ0n) is 12.0. The highest BCUT2D eigenvalue weighted by molar-refractivity contribution is 5.46. The molecule has 1 aromatic carbocycles. The first-order valence-corrected chi connectivity index (χ1v) is 6.69. The van der Waals surface area contributed by atoms with Crippen LogP contribution in [0, 0.1) is 15.9 Å². The number of benzene rings is 1. The molecule has 1 aromatic rings. The summed E-state index contributed by atoms with van der Waals surface area (Å²) >= 11 is 0. The lowest BCUT2D eigenvalue weighted by atomic mass is 9.92. The number of hydrogen-bond donors (Lipinski definition) is 0. The maximum atomic E-state index is 13.3. The zero-order valence-corrected chi connectivity index (χ0v) is 12.0. The molecule has 0 spiro atoms. The predicted octanol–water partition coefficient (Wildman–Crippen LogP) is 2.70. The monoisotopic (exact) mass is 299 g/mol. The second-order valence-electron chi connectivity index (χ2n) is 5.03. The van der Waals surface area contributed by atoms with Crippen LogP contribution in [-0.4, -0.2) is 37.5 Å². The fourth-order valence-electron chi connectivity index (χ4n) is 2.56. The van der Waals surface area contributed by atoms with E-state index < -0.39 is 10.7 Å². The van der Waals surface area contributed by atoms with Gasteiger partial charge in [-0.3, -0.25) is 10.1 Å². The third-order valence-electron chi connectivity index (χ3n) is 3.66. The molecule has 1 aliphatic rings. The van der Waals surface area contributed by atoms with E-state index in [0.29, 0.717) is 12.8 Å². The van der Waals surface area contributed by atoms with Gasteiger partial charge in [0.1, 0.15) is 11.9 Å². The molecule has 6 nitrogen and oxygen atoms in total. The van der Waals surface area contributed by atoms with Crippen molar-refractivity contribution in [2.75, 3.05) is 14.2 Å². The summed E-state index contributed by atoms with van der Waals surface area (Å²) in [5.74, 6) is -0.630. The molecule has 0 saturated heterocycles. The van der Waals surface area contributed by atoms with E-state index in [0.717, 1.165) is 24.6 Å². The van der Waals surface area contributed by atoms with Crippen LogP contribution in [-0.2, 0) is 9.47 Å². The fourth-order valence-corrected chi connectivity index (χ4v) is 2.56. The summed E-state index contributed by atoms with van der Waals surface area (Å²) in [6.07, 6.45) is 1.53. The van der Waals surface area contributed by atoms with Crippen LogP contribution in [0.25, 0.3) is 0 Å². The van der Waals surface area contributed by atoms with Gasteiger partial charge in [0.2, 0.25) is 0 Å². The molecule has 0 N–H and O–H groups in total. The van der Waals surface area contributed by atoms with Gasteiger partial charge < -0.3 is 14.2 Å². The van der Waals surface area contributed by atoms with Gasteiger partial charge in [0.25, 0.3) is 0 Å². The number of halogens is 1. The van der Waals surface area contributed by atoms with Gasteiger partial charge in [0.15, 0.2) is 5.75 Å². The zero-order chi connectivity index (χ0) is 15.4. The molecule has 0 heterocycles. The Morgan fingerprint density at radius 2 is 1.71 bits per heavy atom. The second kappa shape index (κ2) is 6.82. The normalized spacial score (nSPS) is 25.6. The molecular formula is C14H18FNO5. The average Bonchev–Trinajstić information content (AvgIpc) is 2.46. The number of nitrogens with zero attached hydrogens (tertiary/aromatic N) is 1. The van der Waals surface area contributed by atoms with Crippen molar-refractivity contribution in [2.45, 2.75) is 37.6 Å². The van der Waals surface area contributed by atoms with Crippen LogP contribution in [0.4, 0.5) is 10.1 Å². The van der Waals surface area contributed by atoms with Gasteiger partial charge in [0, 0.05) is 45.6 Å². The summed E-state index contributed by atoms with van der Waals surface area (Å²) in [5, 5.41) is 11.0. The highest BCUT2D eigenvalue weighted by atomic mass is 19.1. The summed E-state index contributed by atoms with van der Waals surface area (Å²) < 4.78 is 29.6. The lowest BCUT2D eigenvalue weighted by molar-refractivity contribution is -0.386. The minimum absolute atomic E-state index is 0.0404. The standard InChI is InChI=1S/C14H18FNO5/c1-19-10-6-11(20-2)8-12(7-10)21-14-5-9(15)3-4-13(14)16(17)18/h3-5,10-12H,6-8H2,1-2H3. The molecule has 2 unspecified atom stereocenters. The highest BCUT2D eigenvalue weighted by Gasteiger charge is 2.31. The fraction of sp³-hybridized carbons (Fsp3) is 0.571. The third-order valence-corrected chi connectivity index (χ3v) is 3.66. The summed E-state index contributed by atoms with van der Waals surface area (Å²) in [6, 6.07) is 3.19. The van der Waals surface area contributed by atoms with Gasteiger partial charge in [-0.25, -0.2) is 4.39 Å². The first-order valence-electron chi connectivity index (χ1n) is 6.69. The number of ether oxygens (including phenoxy) is 3. The highest BCUT2D eigenvalue weighted by Crippen LogP contribution is 2.32. The van der Waals surface area contributed by atoms with Gasteiger partial charge in [-0.2, -0.15) is 0 Å². The first-order chi connectivity index (χ1) is 10.0. The summed E-state index contributed by atoms with van der Waals surface area (Å²) in [6.45, 7) is 0. The van der Waals surface area contributed by atoms with Crippen LogP contribution in [0.2, 0.25) is 0 Å². The van der Waals surface area contributed by atoms with Gasteiger partial charge in [-0.05, 0) is 6.07 Å². The second-order valence-corrected chi connectivity index (χ2v) is 5.03. The molecule has 2 atom stereocenters. The lowest BCUT2D eigenvalue weighted by Crippen LogP contribution is -2.38. The summed E-state index contributed by atoms with van der Waals surface area (Å²) in [4.78, 5) is 10.4. The molecule has 21 heavy (non-hydrogen) atoms. The van der Waals surface area contributed by atoms with Crippen molar-refractivity contribution in [3.05, 3.63) is 34.1 Å². The topological polar surface area (TPSA) is 70.8 Å². The smallest absolute Gasteiger partial charge is 0.311 e. The number of nitro benzene ring substituents is 1. The Bertz CT molecular complexity index is 498. The summed E-state index contributed by atoms with van der Waals surface area (Å²) in [7, 11) is 3.20. The van der Waals surface area contributed by atoms with Crippen LogP contribution in [0.5, 0.6) is 5.75 Å². The van der Waals surface area contributed by atoms with Crippen LogP contribution >= 0.6 is 0 Å². The molecular weight excluding hydrogens is 281 g/mol. The molecule has 0 radical (unpaired) electrons. The largest absolute Gasteiger partial charge is 0.483 e. The quantitative estimate of drug-likeness (QED) is 0.617. The average molecular weight is 299 g/mol. The van der Waals surface area contributed by atoms with E-state index in [1.165, 1.54) is 0 Å². The third kappa shape index (κ3) is 3.89. The van der Waals surface area contributed by atoms with E-state index in [2.05, 4.69) is 0 Å². The van der Waals surface area contributed by atoms with E-state index >= 15 is 0 Å². The van der Waals surface area contributed by atoms with Crippen molar-refractivity contribution in [2.24, 2.45) is 0 Å². The van der Waals surface area contributed by atoms with Gasteiger partial charge >= 0.3 is 5.69 Å². The van der Waals surface area contributed by atoms with E-state index in [1.807, 2.05) is 0 Å². The van der Waals surface area contributed by atoms with Gasteiger partial charge in [0.05, 0.1) is 17.1 Å². The Hall–Kier alpha value is -1.73. The number of rotatable bonds is 5. The first kappa shape index (κ1) is 15.7. The van der Waals surface area contributed by atoms with E-state index in [-0.39, 0.29) is 29.7 Å². The molecule has 1 fully saturated rings. The van der Waals surface area contributed by atoms with Crippen LogP contribution in [0.3, 0.4) is 0 Å². The molecule has 0 aromatic heterocycles. The maximum absolute atomic E-state index is 13.3. The molecule has 0 amide bonds. The van der Waals surface area contributed by atoms with Crippen molar-refractivity contribution in [3.8, 4) is 5.75 Å². The van der Waals surface area contributed by atoms with Crippen molar-refractivity contribution < 1.29 is 23.5 Å². The maximum Gasteiger partial charge on any atom is 0.311 e. The van der Waals surface area contributed by atoms with E-state index in [4.69, 9.17) is 14.2 Å². The van der Waals surface area contributed by atoms with Crippen molar-refractivity contribution in [1.29, 1.82) is 0 Å². The number of hydrogen-bond acceptors (Lipinski definition) is 5.